The summed E-state index contributed by atoms with van der Waals surface area (Å²) in [5.41, 5.74) is 0. The molecule has 0 spiro atoms. The Balaban J connectivity index is 1.66. The second-order valence-electron chi connectivity index (χ2n) is 3.54. The van der Waals surface area contributed by atoms with E-state index in [4.69, 9.17) is 0 Å². The van der Waals surface area contributed by atoms with Crippen LogP contribution >= 0.6 is 0 Å². The van der Waals surface area contributed by atoms with Crippen LogP contribution in [0.15, 0.2) is 0 Å². The molecule has 0 saturated heterocycles. The van der Waals surface area contributed by atoms with E-state index in [1.165, 1.54) is 38.6 Å². The topological polar surface area (TPSA) is 12.0 Å². The summed E-state index contributed by atoms with van der Waals surface area (Å²) in [4.78, 5) is 0. The Morgan fingerprint density at radius 1 is 1.18 bits per heavy atom. The van der Waals surface area contributed by atoms with Crippen molar-refractivity contribution in [2.75, 3.05) is 13.1 Å². The summed E-state index contributed by atoms with van der Waals surface area (Å²) in [6.07, 6.45) is 8.12. The molecule has 11 heavy (non-hydrogen) atoms. The second kappa shape index (κ2) is 5.59. The Labute approximate surface area is 70.6 Å². The Kier molecular flexibility index (Phi) is 4.60. The van der Waals surface area contributed by atoms with Gasteiger partial charge in [-0.05, 0) is 38.3 Å². The lowest BCUT2D eigenvalue weighted by Gasteiger charge is -2.01. The van der Waals surface area contributed by atoms with Crippen molar-refractivity contribution in [1.82, 2.24) is 5.32 Å². The largest absolute Gasteiger partial charge is 0.317 e. The van der Waals surface area contributed by atoms with Gasteiger partial charge in [0, 0.05) is 0 Å². The molecule has 0 heterocycles. The van der Waals surface area contributed by atoms with Crippen LogP contribution in [0.2, 0.25) is 0 Å². The highest BCUT2D eigenvalue weighted by molar-refractivity contribution is 4.72. The fourth-order valence-electron chi connectivity index (χ4n) is 1.30. The van der Waals surface area contributed by atoms with E-state index in [9.17, 15) is 0 Å². The minimum Gasteiger partial charge on any atom is -0.317 e. The summed E-state index contributed by atoms with van der Waals surface area (Å²) in [6, 6.07) is 0. The highest BCUT2D eigenvalue weighted by atomic mass is 14.8. The maximum atomic E-state index is 3.80. The molecular formula is C10H20N. The lowest BCUT2D eigenvalue weighted by molar-refractivity contribution is 0.583. The van der Waals surface area contributed by atoms with E-state index < -0.39 is 0 Å². The summed E-state index contributed by atoms with van der Waals surface area (Å²) in [7, 11) is 0. The van der Waals surface area contributed by atoms with Crippen molar-refractivity contribution >= 4 is 0 Å². The Hall–Kier alpha value is -0.0400. The van der Waals surface area contributed by atoms with Gasteiger partial charge < -0.3 is 5.32 Å². The monoisotopic (exact) mass is 154 g/mol. The molecule has 0 aromatic heterocycles. The molecule has 0 atom stereocenters. The first-order valence-corrected chi connectivity index (χ1v) is 4.93. The number of hydrogen-bond acceptors (Lipinski definition) is 1. The minimum atomic E-state index is 1.07. The van der Waals surface area contributed by atoms with Crippen molar-refractivity contribution < 1.29 is 0 Å². The van der Waals surface area contributed by atoms with Crippen LogP contribution in [-0.4, -0.2) is 13.1 Å². The van der Waals surface area contributed by atoms with Crippen LogP contribution in [0, 0.1) is 12.8 Å². The Bertz CT molecular complexity index is 86.9. The molecule has 0 aliphatic heterocycles. The van der Waals surface area contributed by atoms with Crippen LogP contribution in [0.1, 0.15) is 38.5 Å². The van der Waals surface area contributed by atoms with Crippen LogP contribution in [-0.2, 0) is 0 Å². The molecule has 1 fully saturated rings. The highest BCUT2D eigenvalue weighted by Gasteiger charge is 2.19. The quantitative estimate of drug-likeness (QED) is 0.555. The summed E-state index contributed by atoms with van der Waals surface area (Å²) < 4.78 is 0. The van der Waals surface area contributed by atoms with Gasteiger partial charge in [0.05, 0.1) is 0 Å². The number of rotatable bonds is 7. The maximum absolute atomic E-state index is 3.80. The smallest absolute Gasteiger partial charge is 0.00488 e. The Morgan fingerprint density at radius 3 is 2.55 bits per heavy atom. The average molecular weight is 154 g/mol. The molecule has 1 N–H and O–H groups in total. The van der Waals surface area contributed by atoms with Crippen LogP contribution in [0.3, 0.4) is 0 Å². The fourth-order valence-corrected chi connectivity index (χ4v) is 1.30. The zero-order valence-electron chi connectivity index (χ0n) is 7.44. The third-order valence-electron chi connectivity index (χ3n) is 2.27. The van der Waals surface area contributed by atoms with E-state index in [-0.39, 0.29) is 0 Å². The summed E-state index contributed by atoms with van der Waals surface area (Å²) in [5.74, 6) is 1.10. The van der Waals surface area contributed by atoms with Crippen molar-refractivity contribution in [2.45, 2.75) is 38.5 Å². The third-order valence-corrected chi connectivity index (χ3v) is 2.27. The zero-order chi connectivity index (χ0) is 7.94. The highest BCUT2D eigenvalue weighted by Crippen LogP contribution is 2.33. The van der Waals surface area contributed by atoms with Gasteiger partial charge in [-0.3, -0.25) is 0 Å². The molecule has 1 saturated carbocycles. The van der Waals surface area contributed by atoms with Crippen molar-refractivity contribution in [1.29, 1.82) is 0 Å². The van der Waals surface area contributed by atoms with Crippen LogP contribution < -0.4 is 5.32 Å². The molecule has 0 aromatic carbocycles. The third kappa shape index (κ3) is 5.25. The molecule has 1 rings (SSSR count). The first-order chi connectivity index (χ1) is 5.43. The summed E-state index contributed by atoms with van der Waals surface area (Å²) >= 11 is 0. The average Bonchev–Trinajstić information content (AvgIpc) is 2.80. The minimum absolute atomic E-state index is 1.07. The lowest BCUT2D eigenvalue weighted by Crippen LogP contribution is -2.16. The predicted octanol–water partition coefficient (Wildman–Crippen LogP) is 2.38. The SMILES string of the molecule is [CH2]CCCNCCCC1CC1. The van der Waals surface area contributed by atoms with Gasteiger partial charge in [0.1, 0.15) is 0 Å². The van der Waals surface area contributed by atoms with Crippen LogP contribution in [0.5, 0.6) is 0 Å². The van der Waals surface area contributed by atoms with E-state index in [2.05, 4.69) is 12.2 Å². The van der Waals surface area contributed by atoms with Crippen molar-refractivity contribution in [3.8, 4) is 0 Å². The number of hydrogen-bond donors (Lipinski definition) is 1. The molecule has 65 valence electrons. The van der Waals surface area contributed by atoms with E-state index in [1.54, 1.807) is 0 Å². The first kappa shape index (κ1) is 9.05. The first-order valence-electron chi connectivity index (χ1n) is 4.93. The molecular weight excluding hydrogens is 134 g/mol. The molecule has 1 aliphatic carbocycles. The van der Waals surface area contributed by atoms with Crippen molar-refractivity contribution in [2.24, 2.45) is 5.92 Å². The van der Waals surface area contributed by atoms with Crippen LogP contribution in [0.25, 0.3) is 0 Å². The van der Waals surface area contributed by atoms with Gasteiger partial charge in [0.2, 0.25) is 0 Å². The van der Waals surface area contributed by atoms with E-state index in [1.807, 2.05) is 0 Å². The normalized spacial score (nSPS) is 17.2. The maximum Gasteiger partial charge on any atom is -0.00488 e. The number of unbranched alkanes of at least 4 members (excludes halogenated alkanes) is 1. The molecule has 0 bridgehead atoms. The number of nitrogens with one attached hydrogen (secondary N) is 1. The van der Waals surface area contributed by atoms with Crippen molar-refractivity contribution in [3.05, 3.63) is 6.92 Å². The molecule has 1 heteroatoms. The molecule has 1 nitrogen and oxygen atoms in total. The summed E-state index contributed by atoms with van der Waals surface area (Å²) in [5, 5.41) is 3.43. The standard InChI is InChI=1S/C10H20N/c1-2-3-8-11-9-4-5-10-6-7-10/h10-11H,1-9H2. The van der Waals surface area contributed by atoms with E-state index >= 15 is 0 Å². The molecule has 0 unspecified atom stereocenters. The van der Waals surface area contributed by atoms with Gasteiger partial charge in [-0.25, -0.2) is 0 Å². The predicted molar refractivity (Wildman–Crippen MR) is 49.4 cm³/mol. The second-order valence-corrected chi connectivity index (χ2v) is 3.54. The van der Waals surface area contributed by atoms with Gasteiger partial charge >= 0.3 is 0 Å². The van der Waals surface area contributed by atoms with E-state index in [0.717, 1.165) is 18.9 Å². The molecule has 1 aliphatic rings. The molecule has 0 aromatic rings. The summed E-state index contributed by atoms with van der Waals surface area (Å²) in [6.45, 7) is 6.18. The molecule has 1 radical (unpaired) electrons. The van der Waals surface area contributed by atoms with Gasteiger partial charge in [0.15, 0.2) is 0 Å². The van der Waals surface area contributed by atoms with Crippen molar-refractivity contribution in [3.63, 3.8) is 0 Å². The fraction of sp³-hybridized carbons (Fsp3) is 0.900. The van der Waals surface area contributed by atoms with Gasteiger partial charge in [-0.2, -0.15) is 0 Å². The lowest BCUT2D eigenvalue weighted by atomic mass is 10.2. The van der Waals surface area contributed by atoms with Gasteiger partial charge in [-0.15, -0.1) is 0 Å². The Morgan fingerprint density at radius 2 is 1.91 bits per heavy atom. The van der Waals surface area contributed by atoms with Gasteiger partial charge in [-0.1, -0.05) is 26.2 Å². The molecule has 0 amide bonds. The van der Waals surface area contributed by atoms with Gasteiger partial charge in [0.25, 0.3) is 0 Å². The van der Waals surface area contributed by atoms with E-state index in [0.29, 0.717) is 0 Å². The zero-order valence-corrected chi connectivity index (χ0v) is 7.44. The van der Waals surface area contributed by atoms with Crippen LogP contribution in [0.4, 0.5) is 0 Å².